The molecule has 134 valence electrons. The summed E-state index contributed by atoms with van der Waals surface area (Å²) >= 11 is 11.9. The highest BCUT2D eigenvalue weighted by Crippen LogP contribution is 2.30. The second-order valence-electron chi connectivity index (χ2n) is 5.81. The molecule has 3 rings (SSSR count). The monoisotopic (exact) mass is 400 g/mol. The van der Waals surface area contributed by atoms with Crippen LogP contribution in [0.15, 0.2) is 18.2 Å². The summed E-state index contributed by atoms with van der Waals surface area (Å²) in [6.07, 6.45) is -0.801. The molecule has 0 aliphatic carbocycles. The molecule has 0 aromatic heterocycles. The van der Waals surface area contributed by atoms with Crippen molar-refractivity contribution in [1.82, 2.24) is 10.2 Å². The number of rotatable bonds is 2. The highest BCUT2D eigenvalue weighted by molar-refractivity contribution is 6.42. The smallest absolute Gasteiger partial charge is 0.262 e. The van der Waals surface area contributed by atoms with E-state index in [0.29, 0.717) is 29.7 Å². The van der Waals surface area contributed by atoms with Gasteiger partial charge in [0.15, 0.2) is 0 Å². The fourth-order valence-electron chi connectivity index (χ4n) is 2.87. The molecule has 2 fully saturated rings. The van der Waals surface area contributed by atoms with Crippen molar-refractivity contribution >= 4 is 41.5 Å². The van der Waals surface area contributed by atoms with E-state index in [1.165, 1.54) is 0 Å². The molecule has 2 aliphatic heterocycles. The quantitative estimate of drug-likeness (QED) is 0.827. The molecule has 2 heterocycles. The predicted octanol–water partition coefficient (Wildman–Crippen LogP) is 3.31. The van der Waals surface area contributed by atoms with Gasteiger partial charge < -0.3 is 9.64 Å². The number of nitrogens with one attached hydrogen (secondary N) is 1. The van der Waals surface area contributed by atoms with Gasteiger partial charge in [-0.3, -0.25) is 10.1 Å². The van der Waals surface area contributed by atoms with Gasteiger partial charge in [-0.1, -0.05) is 29.3 Å². The number of nitrogens with zero attached hydrogens (tertiary/aromatic N) is 1. The zero-order valence-electron chi connectivity index (χ0n) is 12.6. The number of hydrogen-bond donors (Lipinski definition) is 1. The van der Waals surface area contributed by atoms with Crippen LogP contribution in [0.25, 0.3) is 0 Å². The van der Waals surface area contributed by atoms with Crippen LogP contribution >= 0.6 is 35.6 Å². The van der Waals surface area contributed by atoms with Crippen LogP contribution in [0.2, 0.25) is 10.0 Å². The molecule has 1 N–H and O–H groups in total. The van der Waals surface area contributed by atoms with Crippen molar-refractivity contribution in [2.75, 3.05) is 26.2 Å². The van der Waals surface area contributed by atoms with E-state index < -0.39 is 24.9 Å². The number of amides is 1. The van der Waals surface area contributed by atoms with E-state index in [4.69, 9.17) is 27.9 Å². The summed E-state index contributed by atoms with van der Waals surface area (Å²) in [4.78, 5) is 14.0. The Labute approximate surface area is 154 Å². The Morgan fingerprint density at radius 1 is 1.33 bits per heavy atom. The van der Waals surface area contributed by atoms with Crippen molar-refractivity contribution in [2.24, 2.45) is 0 Å². The van der Waals surface area contributed by atoms with Crippen LogP contribution in [-0.2, 0) is 9.53 Å². The first-order chi connectivity index (χ1) is 10.9. The summed E-state index contributed by atoms with van der Waals surface area (Å²) in [5, 5.41) is 3.45. The highest BCUT2D eigenvalue weighted by atomic mass is 35.5. The van der Waals surface area contributed by atoms with E-state index in [2.05, 4.69) is 5.32 Å². The molecule has 1 aromatic carbocycles. The Bertz CT molecular complexity index is 618. The molecule has 24 heavy (non-hydrogen) atoms. The lowest BCUT2D eigenvalue weighted by atomic mass is 10.1. The lowest BCUT2D eigenvalue weighted by molar-refractivity contribution is -0.141. The number of benzene rings is 1. The molecule has 2 unspecified atom stereocenters. The summed E-state index contributed by atoms with van der Waals surface area (Å²) in [7, 11) is 0. The maximum Gasteiger partial charge on any atom is 0.262 e. The Morgan fingerprint density at radius 3 is 2.71 bits per heavy atom. The molecule has 2 atom stereocenters. The van der Waals surface area contributed by atoms with E-state index in [0.717, 1.165) is 5.56 Å². The summed E-state index contributed by atoms with van der Waals surface area (Å²) in [6, 6.07) is 4.32. The third-order valence-electron chi connectivity index (χ3n) is 4.10. The summed E-state index contributed by atoms with van der Waals surface area (Å²) in [5.41, 5.74) is 0.807. The maximum absolute atomic E-state index is 13.3. The van der Waals surface area contributed by atoms with Crippen molar-refractivity contribution < 1.29 is 18.3 Å². The number of halogens is 5. The average molecular weight is 402 g/mol. The zero-order chi connectivity index (χ0) is 16.6. The predicted molar refractivity (Wildman–Crippen MR) is 90.3 cm³/mol. The number of hydrogen-bond acceptors (Lipinski definition) is 3. The van der Waals surface area contributed by atoms with Crippen LogP contribution in [-0.4, -0.2) is 49.0 Å². The Hall–Kier alpha value is -0.660. The number of ether oxygens (including phenoxy) is 1. The standard InChI is InChI=1S/C15H16Cl2F2N2O2.ClH/c16-10-2-1-9(5-11(10)17)13-7-21(3-4-23-13)14(22)12-6-15(18,19)8-20-12;/h1-2,5,12-13,20H,3-4,6-8H2;1H. The van der Waals surface area contributed by atoms with Crippen LogP contribution < -0.4 is 5.32 Å². The van der Waals surface area contributed by atoms with E-state index in [1.807, 2.05) is 0 Å². The fraction of sp³-hybridized carbons (Fsp3) is 0.533. The molecule has 0 radical (unpaired) electrons. The Kier molecular flexibility index (Phi) is 6.31. The van der Waals surface area contributed by atoms with Crippen LogP contribution in [0, 0.1) is 0 Å². The van der Waals surface area contributed by atoms with Gasteiger partial charge in [0, 0.05) is 13.0 Å². The largest absolute Gasteiger partial charge is 0.370 e. The lowest BCUT2D eigenvalue weighted by Gasteiger charge is -2.34. The number of alkyl halides is 2. The summed E-state index contributed by atoms with van der Waals surface area (Å²) < 4.78 is 32.2. The SMILES string of the molecule is Cl.O=C(C1CC(F)(F)CN1)N1CCOC(c2ccc(Cl)c(Cl)c2)C1. The van der Waals surface area contributed by atoms with Gasteiger partial charge in [-0.25, -0.2) is 8.78 Å². The molecule has 1 aromatic rings. The van der Waals surface area contributed by atoms with Crippen LogP contribution in [0.3, 0.4) is 0 Å². The van der Waals surface area contributed by atoms with Gasteiger partial charge in [-0.15, -0.1) is 12.4 Å². The minimum absolute atomic E-state index is 0. The topological polar surface area (TPSA) is 41.6 Å². The third-order valence-corrected chi connectivity index (χ3v) is 4.84. The van der Waals surface area contributed by atoms with E-state index in [1.54, 1.807) is 23.1 Å². The molecule has 4 nitrogen and oxygen atoms in total. The fourth-order valence-corrected chi connectivity index (χ4v) is 3.18. The molecule has 0 bridgehead atoms. The van der Waals surface area contributed by atoms with Gasteiger partial charge in [0.1, 0.15) is 6.10 Å². The summed E-state index contributed by atoms with van der Waals surface area (Å²) in [5.74, 6) is -3.13. The van der Waals surface area contributed by atoms with Gasteiger partial charge in [0.2, 0.25) is 5.91 Å². The maximum atomic E-state index is 13.3. The average Bonchev–Trinajstić information content (AvgIpc) is 2.89. The number of carbonyl (C=O) groups excluding carboxylic acids is 1. The first kappa shape index (κ1) is 19.7. The summed E-state index contributed by atoms with van der Waals surface area (Å²) in [6.45, 7) is 0.588. The normalized spacial score (nSPS) is 26.1. The van der Waals surface area contributed by atoms with Gasteiger partial charge in [0.05, 0.1) is 35.8 Å². The van der Waals surface area contributed by atoms with E-state index >= 15 is 0 Å². The molecule has 2 saturated heterocycles. The van der Waals surface area contributed by atoms with E-state index in [-0.39, 0.29) is 24.4 Å². The van der Waals surface area contributed by atoms with Crippen molar-refractivity contribution in [1.29, 1.82) is 0 Å². The second kappa shape index (κ2) is 7.70. The van der Waals surface area contributed by atoms with Crippen molar-refractivity contribution in [2.45, 2.75) is 24.5 Å². The molecular formula is C15H17Cl3F2N2O2. The molecule has 0 spiro atoms. The number of carbonyl (C=O) groups is 1. The first-order valence-electron chi connectivity index (χ1n) is 7.32. The van der Waals surface area contributed by atoms with Crippen LogP contribution in [0.1, 0.15) is 18.1 Å². The number of morpholine rings is 1. The molecule has 2 aliphatic rings. The Balaban J connectivity index is 0.00000208. The minimum atomic E-state index is -2.82. The molecule has 1 amide bonds. The third kappa shape index (κ3) is 4.29. The van der Waals surface area contributed by atoms with Crippen molar-refractivity contribution in [3.8, 4) is 0 Å². The zero-order valence-corrected chi connectivity index (χ0v) is 14.9. The van der Waals surface area contributed by atoms with Gasteiger partial charge in [0.25, 0.3) is 5.92 Å². The Morgan fingerprint density at radius 2 is 2.08 bits per heavy atom. The second-order valence-corrected chi connectivity index (χ2v) is 6.63. The minimum Gasteiger partial charge on any atom is -0.370 e. The molecule has 0 saturated carbocycles. The van der Waals surface area contributed by atoms with Gasteiger partial charge in [-0.05, 0) is 17.7 Å². The first-order valence-corrected chi connectivity index (χ1v) is 8.08. The van der Waals surface area contributed by atoms with Crippen molar-refractivity contribution in [3.05, 3.63) is 33.8 Å². The molecule has 9 heteroatoms. The molecular weight excluding hydrogens is 385 g/mol. The van der Waals surface area contributed by atoms with Gasteiger partial charge in [-0.2, -0.15) is 0 Å². The lowest BCUT2D eigenvalue weighted by Crippen LogP contribution is -2.49. The van der Waals surface area contributed by atoms with E-state index in [9.17, 15) is 13.6 Å². The van der Waals surface area contributed by atoms with Gasteiger partial charge >= 0.3 is 0 Å². The van der Waals surface area contributed by atoms with Crippen LogP contribution in [0.5, 0.6) is 0 Å². The van der Waals surface area contributed by atoms with Crippen molar-refractivity contribution in [3.63, 3.8) is 0 Å². The highest BCUT2D eigenvalue weighted by Gasteiger charge is 2.44. The van der Waals surface area contributed by atoms with Crippen LogP contribution in [0.4, 0.5) is 8.78 Å².